The number of benzene rings is 2. The Labute approximate surface area is 176 Å². The second kappa shape index (κ2) is 9.02. The number of amides is 1. The van der Waals surface area contributed by atoms with Crippen molar-refractivity contribution in [3.8, 4) is 11.5 Å². The number of thioether (sulfide) groups is 1. The molecular formula is C20H17ClN2O5S. The summed E-state index contributed by atoms with van der Waals surface area (Å²) in [5.74, 6) is -0.678. The molecule has 0 unspecified atom stereocenters. The van der Waals surface area contributed by atoms with Gasteiger partial charge in [-0.05, 0) is 60.2 Å². The molecule has 0 spiro atoms. The Morgan fingerprint density at radius 2 is 2.07 bits per heavy atom. The summed E-state index contributed by atoms with van der Waals surface area (Å²) in [6, 6.07) is 10.4. The number of carbonyl (C=O) groups excluding carboxylic acids is 1. The highest BCUT2D eigenvalue weighted by Gasteiger charge is 2.24. The van der Waals surface area contributed by atoms with Gasteiger partial charge in [0.15, 0.2) is 23.3 Å². The van der Waals surface area contributed by atoms with Crippen molar-refractivity contribution in [1.29, 1.82) is 0 Å². The van der Waals surface area contributed by atoms with Crippen LogP contribution in [0.5, 0.6) is 11.5 Å². The van der Waals surface area contributed by atoms with Gasteiger partial charge in [-0.3, -0.25) is 4.79 Å². The highest BCUT2D eigenvalue weighted by atomic mass is 35.5. The fourth-order valence-corrected chi connectivity index (χ4v) is 3.45. The number of methoxy groups -OCH3 is 1. The quantitative estimate of drug-likeness (QED) is 0.669. The largest absolute Gasteiger partial charge is 0.493 e. The molecule has 7 nitrogen and oxygen atoms in total. The van der Waals surface area contributed by atoms with E-state index in [1.54, 1.807) is 30.3 Å². The number of hydrogen-bond donors (Lipinski definition) is 2. The summed E-state index contributed by atoms with van der Waals surface area (Å²) in [5, 5.41) is 12.5. The van der Waals surface area contributed by atoms with Crippen molar-refractivity contribution >= 4 is 52.2 Å². The molecule has 0 radical (unpaired) electrons. The predicted molar refractivity (Wildman–Crippen MR) is 113 cm³/mol. The lowest BCUT2D eigenvalue weighted by Gasteiger charge is -2.09. The molecule has 0 bridgehead atoms. The molecule has 2 N–H and O–H groups in total. The summed E-state index contributed by atoms with van der Waals surface area (Å²) in [6.07, 6.45) is 1.69. The Balaban J connectivity index is 1.79. The van der Waals surface area contributed by atoms with Crippen molar-refractivity contribution in [1.82, 2.24) is 5.32 Å². The zero-order valence-corrected chi connectivity index (χ0v) is 17.1. The van der Waals surface area contributed by atoms with Gasteiger partial charge in [-0.2, -0.15) is 0 Å². The van der Waals surface area contributed by atoms with E-state index in [9.17, 15) is 9.59 Å². The van der Waals surface area contributed by atoms with Crippen LogP contribution in [0.1, 0.15) is 11.1 Å². The fourth-order valence-electron chi connectivity index (χ4n) is 2.43. The number of ether oxygens (including phenoxy) is 2. The van der Waals surface area contributed by atoms with Gasteiger partial charge in [0.1, 0.15) is 0 Å². The first kappa shape index (κ1) is 20.8. The summed E-state index contributed by atoms with van der Waals surface area (Å²) < 4.78 is 10.4. The Hall–Kier alpha value is -2.97. The van der Waals surface area contributed by atoms with Gasteiger partial charge in [-0.15, -0.1) is 0 Å². The molecule has 0 atom stereocenters. The molecule has 2 aromatic rings. The van der Waals surface area contributed by atoms with Crippen LogP contribution in [-0.4, -0.2) is 35.9 Å². The third kappa shape index (κ3) is 5.30. The molecule has 1 saturated heterocycles. The van der Waals surface area contributed by atoms with E-state index in [1.165, 1.54) is 18.9 Å². The smallest absolute Gasteiger partial charge is 0.341 e. The normalized spacial score (nSPS) is 16.2. The van der Waals surface area contributed by atoms with Gasteiger partial charge in [0.25, 0.3) is 5.91 Å². The first-order valence-corrected chi connectivity index (χ1v) is 9.63. The SMILES string of the molecule is COc1cc(/C=C2\SC(=Nc3ccc(C)c(Cl)c3)NC2=O)ccc1OCC(=O)O. The number of halogens is 1. The van der Waals surface area contributed by atoms with Crippen molar-refractivity contribution in [3.05, 3.63) is 57.5 Å². The van der Waals surface area contributed by atoms with E-state index in [-0.39, 0.29) is 5.91 Å². The minimum Gasteiger partial charge on any atom is -0.493 e. The first-order valence-electron chi connectivity index (χ1n) is 8.44. The predicted octanol–water partition coefficient (Wildman–Crippen LogP) is 4.01. The van der Waals surface area contributed by atoms with Crippen LogP contribution >= 0.6 is 23.4 Å². The second-order valence-electron chi connectivity index (χ2n) is 6.01. The van der Waals surface area contributed by atoms with E-state index in [1.807, 2.05) is 19.1 Å². The second-order valence-corrected chi connectivity index (χ2v) is 7.45. The molecule has 1 amide bonds. The minimum atomic E-state index is -1.08. The number of carbonyl (C=O) groups is 2. The maximum Gasteiger partial charge on any atom is 0.341 e. The Morgan fingerprint density at radius 1 is 1.28 bits per heavy atom. The van der Waals surface area contributed by atoms with Gasteiger partial charge < -0.3 is 19.9 Å². The molecule has 2 aromatic carbocycles. The van der Waals surface area contributed by atoms with Crippen molar-refractivity contribution in [2.24, 2.45) is 4.99 Å². The summed E-state index contributed by atoms with van der Waals surface area (Å²) in [5.41, 5.74) is 2.29. The Morgan fingerprint density at radius 3 is 2.76 bits per heavy atom. The molecule has 9 heteroatoms. The van der Waals surface area contributed by atoms with Gasteiger partial charge in [-0.25, -0.2) is 9.79 Å². The molecule has 150 valence electrons. The van der Waals surface area contributed by atoms with E-state index in [0.717, 1.165) is 5.56 Å². The minimum absolute atomic E-state index is 0.267. The van der Waals surface area contributed by atoms with Crippen LogP contribution in [0.2, 0.25) is 5.02 Å². The zero-order chi connectivity index (χ0) is 21.0. The van der Waals surface area contributed by atoms with Gasteiger partial charge in [0, 0.05) is 5.02 Å². The number of amidine groups is 1. The van der Waals surface area contributed by atoms with Crippen LogP contribution < -0.4 is 14.8 Å². The topological polar surface area (TPSA) is 97.2 Å². The summed E-state index contributed by atoms with van der Waals surface area (Å²) in [7, 11) is 1.45. The molecule has 29 heavy (non-hydrogen) atoms. The molecule has 1 aliphatic heterocycles. The van der Waals surface area contributed by atoms with Crippen LogP contribution in [0.4, 0.5) is 5.69 Å². The van der Waals surface area contributed by atoms with Crippen molar-refractivity contribution < 1.29 is 24.2 Å². The fraction of sp³-hybridized carbons (Fsp3) is 0.150. The van der Waals surface area contributed by atoms with Crippen LogP contribution in [0.25, 0.3) is 6.08 Å². The summed E-state index contributed by atoms with van der Waals surface area (Å²) in [4.78, 5) is 27.8. The molecule has 1 aliphatic rings. The molecule has 0 aliphatic carbocycles. The zero-order valence-electron chi connectivity index (χ0n) is 15.6. The van der Waals surface area contributed by atoms with Crippen molar-refractivity contribution in [2.75, 3.05) is 13.7 Å². The van der Waals surface area contributed by atoms with Crippen LogP contribution in [0.3, 0.4) is 0 Å². The number of carboxylic acid groups (broad SMARTS) is 1. The average molecular weight is 433 g/mol. The highest BCUT2D eigenvalue weighted by Crippen LogP contribution is 2.32. The van der Waals surface area contributed by atoms with Crippen molar-refractivity contribution in [2.45, 2.75) is 6.92 Å². The number of rotatable bonds is 6. The van der Waals surface area contributed by atoms with Crippen molar-refractivity contribution in [3.63, 3.8) is 0 Å². The summed E-state index contributed by atoms with van der Waals surface area (Å²) >= 11 is 7.32. The molecule has 0 saturated carbocycles. The number of aryl methyl sites for hydroxylation is 1. The number of nitrogens with one attached hydrogen (secondary N) is 1. The standard InChI is InChI=1S/C20H17ClN2O5S/c1-11-3-5-13(9-14(11)21)22-20-23-19(26)17(29-20)8-12-4-6-15(16(7-12)27-2)28-10-18(24)25/h3-9H,10H2,1-2H3,(H,24,25)(H,22,23,26)/b17-8-. The van der Waals surface area contributed by atoms with E-state index in [4.69, 9.17) is 26.2 Å². The number of carboxylic acids is 1. The van der Waals surface area contributed by atoms with Crippen LogP contribution in [0.15, 0.2) is 46.3 Å². The number of aliphatic carboxylic acids is 1. The van der Waals surface area contributed by atoms with Gasteiger partial charge in [-0.1, -0.05) is 23.7 Å². The number of nitrogens with zero attached hydrogens (tertiary/aromatic N) is 1. The maximum atomic E-state index is 12.3. The van der Waals surface area contributed by atoms with E-state index >= 15 is 0 Å². The lowest BCUT2D eigenvalue weighted by atomic mass is 10.2. The third-order valence-electron chi connectivity index (χ3n) is 3.87. The molecule has 3 rings (SSSR count). The van der Waals surface area contributed by atoms with Gasteiger partial charge in [0.2, 0.25) is 0 Å². The summed E-state index contributed by atoms with van der Waals surface area (Å²) in [6.45, 7) is 1.43. The number of hydrogen-bond acceptors (Lipinski definition) is 6. The average Bonchev–Trinajstić information content (AvgIpc) is 3.02. The Kier molecular flexibility index (Phi) is 6.46. The first-order chi connectivity index (χ1) is 13.9. The van der Waals surface area contributed by atoms with E-state index < -0.39 is 12.6 Å². The molecule has 1 heterocycles. The number of aliphatic imine (C=N–C) groups is 1. The highest BCUT2D eigenvalue weighted by molar-refractivity contribution is 8.18. The lowest BCUT2D eigenvalue weighted by molar-refractivity contribution is -0.139. The van der Waals surface area contributed by atoms with Crippen LogP contribution in [0, 0.1) is 6.92 Å². The van der Waals surface area contributed by atoms with E-state index in [2.05, 4.69) is 10.3 Å². The molecule has 0 aromatic heterocycles. The maximum absolute atomic E-state index is 12.3. The molecule has 1 fully saturated rings. The lowest BCUT2D eigenvalue weighted by Crippen LogP contribution is -2.19. The Bertz CT molecular complexity index is 1040. The third-order valence-corrected chi connectivity index (χ3v) is 5.19. The molecular weight excluding hydrogens is 416 g/mol. The van der Waals surface area contributed by atoms with Gasteiger partial charge in [0.05, 0.1) is 17.7 Å². The monoisotopic (exact) mass is 432 g/mol. The van der Waals surface area contributed by atoms with Gasteiger partial charge >= 0.3 is 5.97 Å². The van der Waals surface area contributed by atoms with E-state index in [0.29, 0.717) is 37.8 Å². The van der Waals surface area contributed by atoms with Crippen LogP contribution in [-0.2, 0) is 9.59 Å².